The largest absolute Gasteiger partial charge is 0.309 e. The van der Waals surface area contributed by atoms with Crippen LogP contribution in [0.15, 0.2) is 18.2 Å². The first-order chi connectivity index (χ1) is 10.3. The Hall–Kier alpha value is -2.24. The summed E-state index contributed by atoms with van der Waals surface area (Å²) in [5.41, 5.74) is 0.996. The van der Waals surface area contributed by atoms with Crippen LogP contribution in [0, 0.1) is 11.3 Å². The van der Waals surface area contributed by atoms with Gasteiger partial charge in [-0.3, -0.25) is 4.79 Å². The lowest BCUT2D eigenvalue weighted by Gasteiger charge is -2.13. The molecule has 0 aliphatic rings. The lowest BCUT2D eigenvalue weighted by molar-refractivity contribution is 0.0982. The zero-order valence-corrected chi connectivity index (χ0v) is 13.4. The van der Waals surface area contributed by atoms with Gasteiger partial charge in [0.2, 0.25) is 5.82 Å². The molecule has 0 atom stereocenters. The van der Waals surface area contributed by atoms with Gasteiger partial charge < -0.3 is 0 Å². The molecule has 0 aliphatic carbocycles. The van der Waals surface area contributed by atoms with Crippen molar-refractivity contribution in [2.75, 3.05) is 14.1 Å². The zero-order chi connectivity index (χ0) is 16.5. The van der Waals surface area contributed by atoms with Crippen molar-refractivity contribution >= 4 is 27.0 Å². The number of rotatable bonds is 5. The molecular weight excluding hydrogens is 304 g/mol. The predicted octanol–water partition coefficient (Wildman–Crippen LogP) is 1.55. The van der Waals surface area contributed by atoms with Crippen LogP contribution >= 0.6 is 0 Å². The van der Waals surface area contributed by atoms with Gasteiger partial charge in [-0.05, 0) is 24.6 Å². The second-order valence-corrected chi connectivity index (χ2v) is 6.97. The van der Waals surface area contributed by atoms with Crippen molar-refractivity contribution in [2.45, 2.75) is 19.8 Å². The van der Waals surface area contributed by atoms with E-state index in [1.54, 1.807) is 18.2 Å². The molecule has 22 heavy (non-hydrogen) atoms. The molecule has 2 aromatic rings. The number of imidazole rings is 1. The number of fused-ring (bicyclic) bond motifs is 1. The Balaban J connectivity index is 2.76. The number of hydrogen-bond donors (Lipinski definition) is 0. The molecule has 0 amide bonds. The van der Waals surface area contributed by atoms with E-state index in [1.807, 2.05) is 6.92 Å². The molecule has 7 nitrogen and oxygen atoms in total. The molecule has 8 heteroatoms. The molecule has 0 bridgehead atoms. The first kappa shape index (κ1) is 16.1. The van der Waals surface area contributed by atoms with Gasteiger partial charge in [-0.25, -0.2) is 4.98 Å². The number of nitriles is 1. The van der Waals surface area contributed by atoms with E-state index in [4.69, 9.17) is 5.26 Å². The average molecular weight is 320 g/mol. The summed E-state index contributed by atoms with van der Waals surface area (Å²) >= 11 is 0. The SMILES string of the molecule is CCCC(=O)c1ccc2nc(C#N)n(S(=O)(=O)N(C)C)c2c1. The van der Waals surface area contributed by atoms with E-state index in [2.05, 4.69) is 4.98 Å². The van der Waals surface area contributed by atoms with Crippen LogP contribution in [-0.2, 0) is 10.2 Å². The molecule has 116 valence electrons. The lowest BCUT2D eigenvalue weighted by atomic mass is 10.1. The minimum atomic E-state index is -3.90. The van der Waals surface area contributed by atoms with Crippen molar-refractivity contribution < 1.29 is 13.2 Å². The highest BCUT2D eigenvalue weighted by molar-refractivity contribution is 7.87. The maximum absolute atomic E-state index is 12.4. The predicted molar refractivity (Wildman–Crippen MR) is 81.7 cm³/mol. The summed E-state index contributed by atoms with van der Waals surface area (Å²) in [7, 11) is -1.17. The number of carbonyl (C=O) groups is 1. The first-order valence-corrected chi connectivity index (χ1v) is 8.11. The smallest absolute Gasteiger partial charge is 0.294 e. The zero-order valence-electron chi connectivity index (χ0n) is 12.6. The van der Waals surface area contributed by atoms with Crippen molar-refractivity contribution in [3.8, 4) is 6.07 Å². The van der Waals surface area contributed by atoms with Gasteiger partial charge in [-0.2, -0.15) is 22.0 Å². The molecule has 0 aliphatic heterocycles. The van der Waals surface area contributed by atoms with Gasteiger partial charge in [0.25, 0.3) is 0 Å². The molecule has 0 radical (unpaired) electrons. The Morgan fingerprint density at radius 1 is 1.41 bits per heavy atom. The topological polar surface area (TPSA) is 96.1 Å². The van der Waals surface area contributed by atoms with E-state index in [0.29, 0.717) is 23.9 Å². The van der Waals surface area contributed by atoms with Gasteiger partial charge in [0, 0.05) is 26.1 Å². The Kier molecular flexibility index (Phi) is 4.30. The lowest BCUT2D eigenvalue weighted by Crippen LogP contribution is -2.29. The van der Waals surface area contributed by atoms with Crippen LogP contribution in [0.2, 0.25) is 0 Å². The molecule has 1 aromatic carbocycles. The average Bonchev–Trinajstić information content (AvgIpc) is 2.85. The third-order valence-electron chi connectivity index (χ3n) is 3.20. The van der Waals surface area contributed by atoms with Gasteiger partial charge in [0.1, 0.15) is 6.07 Å². The van der Waals surface area contributed by atoms with Crippen LogP contribution in [0.25, 0.3) is 11.0 Å². The Morgan fingerprint density at radius 2 is 2.09 bits per heavy atom. The van der Waals surface area contributed by atoms with Crippen molar-refractivity contribution in [1.82, 2.24) is 13.3 Å². The van der Waals surface area contributed by atoms with E-state index < -0.39 is 10.2 Å². The monoisotopic (exact) mass is 320 g/mol. The Morgan fingerprint density at radius 3 is 2.64 bits per heavy atom. The number of aromatic nitrogens is 2. The number of ketones is 1. The molecule has 0 saturated carbocycles. The second-order valence-electron chi connectivity index (χ2n) is 4.98. The molecule has 0 N–H and O–H groups in total. The van der Waals surface area contributed by atoms with Crippen LogP contribution in [0.3, 0.4) is 0 Å². The van der Waals surface area contributed by atoms with Gasteiger partial charge in [0.05, 0.1) is 11.0 Å². The van der Waals surface area contributed by atoms with Crippen LogP contribution in [0.5, 0.6) is 0 Å². The molecule has 2 rings (SSSR count). The number of benzene rings is 1. The van der Waals surface area contributed by atoms with E-state index in [1.165, 1.54) is 20.2 Å². The molecular formula is C14H16N4O3S. The highest BCUT2D eigenvalue weighted by Crippen LogP contribution is 2.21. The van der Waals surface area contributed by atoms with Crippen molar-refractivity contribution in [2.24, 2.45) is 0 Å². The number of Topliss-reactive ketones (excluding diaryl/α,β-unsaturated/α-hetero) is 1. The third kappa shape index (κ3) is 2.61. The van der Waals surface area contributed by atoms with E-state index in [9.17, 15) is 13.2 Å². The minimum Gasteiger partial charge on any atom is -0.294 e. The van der Waals surface area contributed by atoms with Crippen LogP contribution in [0.4, 0.5) is 0 Å². The van der Waals surface area contributed by atoms with Gasteiger partial charge in [-0.15, -0.1) is 0 Å². The van der Waals surface area contributed by atoms with E-state index in [-0.39, 0.29) is 17.1 Å². The van der Waals surface area contributed by atoms with Gasteiger partial charge >= 0.3 is 10.2 Å². The number of hydrogen-bond acceptors (Lipinski definition) is 5. The molecule has 1 heterocycles. The summed E-state index contributed by atoms with van der Waals surface area (Å²) in [5.74, 6) is -0.304. The highest BCUT2D eigenvalue weighted by Gasteiger charge is 2.24. The third-order valence-corrected chi connectivity index (χ3v) is 4.96. The normalized spacial score (nSPS) is 11.8. The summed E-state index contributed by atoms with van der Waals surface area (Å²) in [6.07, 6.45) is 1.08. The molecule has 1 aromatic heterocycles. The molecule has 0 saturated heterocycles. The molecule has 0 unspecified atom stereocenters. The van der Waals surface area contributed by atoms with Crippen molar-refractivity contribution in [1.29, 1.82) is 5.26 Å². The van der Waals surface area contributed by atoms with Crippen LogP contribution in [0.1, 0.15) is 35.9 Å². The summed E-state index contributed by atoms with van der Waals surface area (Å²) in [6.45, 7) is 1.89. The van der Waals surface area contributed by atoms with E-state index in [0.717, 1.165) is 8.28 Å². The van der Waals surface area contributed by atoms with Gasteiger partial charge in [0.15, 0.2) is 5.78 Å². The fourth-order valence-corrected chi connectivity index (χ4v) is 3.09. The maximum Gasteiger partial charge on any atom is 0.309 e. The summed E-state index contributed by atoms with van der Waals surface area (Å²) in [4.78, 5) is 16.0. The fourth-order valence-electron chi connectivity index (χ4n) is 2.07. The van der Waals surface area contributed by atoms with Crippen LogP contribution in [-0.4, -0.2) is 41.6 Å². The van der Waals surface area contributed by atoms with Crippen molar-refractivity contribution in [3.05, 3.63) is 29.6 Å². The fraction of sp³-hybridized carbons (Fsp3) is 0.357. The number of carbonyl (C=O) groups excluding carboxylic acids is 1. The number of nitrogens with zero attached hydrogens (tertiary/aromatic N) is 4. The summed E-state index contributed by atoms with van der Waals surface area (Å²) < 4.78 is 26.7. The Bertz CT molecular complexity index is 875. The second kappa shape index (κ2) is 5.87. The van der Waals surface area contributed by atoms with E-state index >= 15 is 0 Å². The summed E-state index contributed by atoms with van der Waals surface area (Å²) in [6, 6.07) is 6.41. The van der Waals surface area contributed by atoms with Crippen molar-refractivity contribution in [3.63, 3.8) is 0 Å². The Labute approximate surface area is 129 Å². The van der Waals surface area contributed by atoms with Crippen LogP contribution < -0.4 is 0 Å². The molecule has 0 spiro atoms. The standard InChI is InChI=1S/C14H16N4O3S/c1-4-5-13(19)10-6-7-11-12(8-10)18(14(9-15)16-11)22(20,21)17(2)3/h6-8H,4-5H2,1-3H3. The highest BCUT2D eigenvalue weighted by atomic mass is 32.2. The van der Waals surface area contributed by atoms with Gasteiger partial charge in [-0.1, -0.05) is 6.92 Å². The minimum absolute atomic E-state index is 0.0714. The first-order valence-electron chi connectivity index (χ1n) is 6.71. The maximum atomic E-state index is 12.4. The molecule has 0 fully saturated rings. The quantitative estimate of drug-likeness (QED) is 0.779. The summed E-state index contributed by atoms with van der Waals surface area (Å²) in [5, 5.41) is 9.14.